The lowest BCUT2D eigenvalue weighted by atomic mass is 10.1. The predicted molar refractivity (Wildman–Crippen MR) is 111 cm³/mol. The molecule has 0 aliphatic carbocycles. The van der Waals surface area contributed by atoms with Gasteiger partial charge in [-0.25, -0.2) is 0 Å². The molecular weight excluding hydrogens is 380 g/mol. The van der Waals surface area contributed by atoms with Gasteiger partial charge < -0.3 is 15.4 Å². The predicted octanol–water partition coefficient (Wildman–Crippen LogP) is 4.64. The molecule has 27 heavy (non-hydrogen) atoms. The molecule has 0 atom stereocenters. The molecule has 0 saturated heterocycles. The second-order valence-electron chi connectivity index (χ2n) is 5.89. The van der Waals surface area contributed by atoms with Gasteiger partial charge in [-0.15, -0.1) is 10.2 Å². The van der Waals surface area contributed by atoms with Crippen molar-refractivity contribution >= 4 is 45.5 Å². The normalized spacial score (nSPS) is 10.5. The van der Waals surface area contributed by atoms with Crippen molar-refractivity contribution in [1.82, 2.24) is 10.2 Å². The first-order valence-electron chi connectivity index (χ1n) is 8.28. The maximum absolute atomic E-state index is 12.2. The van der Waals surface area contributed by atoms with Crippen molar-refractivity contribution in [3.63, 3.8) is 0 Å². The SMILES string of the molecule is COc1cccc(Nc2nnc(SCC(=O)Nc3cc(C)ccc3C)s2)c1. The Labute approximate surface area is 166 Å². The summed E-state index contributed by atoms with van der Waals surface area (Å²) in [7, 11) is 1.63. The highest BCUT2D eigenvalue weighted by Gasteiger charge is 2.10. The number of carbonyl (C=O) groups is 1. The minimum absolute atomic E-state index is 0.0637. The fraction of sp³-hybridized carbons (Fsp3) is 0.211. The van der Waals surface area contributed by atoms with E-state index in [2.05, 4.69) is 20.8 Å². The maximum Gasteiger partial charge on any atom is 0.234 e. The highest BCUT2D eigenvalue weighted by Crippen LogP contribution is 2.29. The van der Waals surface area contributed by atoms with Crippen LogP contribution < -0.4 is 15.4 Å². The van der Waals surface area contributed by atoms with E-state index in [4.69, 9.17) is 4.74 Å². The van der Waals surface area contributed by atoms with Crippen molar-refractivity contribution in [2.24, 2.45) is 0 Å². The summed E-state index contributed by atoms with van der Waals surface area (Å²) in [5.41, 5.74) is 3.87. The van der Waals surface area contributed by atoms with Crippen LogP contribution >= 0.6 is 23.1 Å². The number of anilines is 3. The quantitative estimate of drug-likeness (QED) is 0.563. The molecule has 0 spiro atoms. The number of carbonyl (C=O) groups excluding carboxylic acids is 1. The summed E-state index contributed by atoms with van der Waals surface area (Å²) in [6, 6.07) is 13.6. The van der Waals surface area contributed by atoms with Gasteiger partial charge in [0.05, 0.1) is 12.9 Å². The molecule has 0 fully saturated rings. The summed E-state index contributed by atoms with van der Waals surface area (Å²) in [5.74, 6) is 0.981. The van der Waals surface area contributed by atoms with Crippen LogP contribution in [0.1, 0.15) is 11.1 Å². The Bertz CT molecular complexity index is 943. The first-order valence-corrected chi connectivity index (χ1v) is 10.1. The molecule has 0 saturated carbocycles. The Kier molecular flexibility index (Phi) is 6.31. The summed E-state index contributed by atoms with van der Waals surface area (Å²) in [6.07, 6.45) is 0. The average Bonchev–Trinajstić information content (AvgIpc) is 3.10. The number of amides is 1. The van der Waals surface area contributed by atoms with E-state index in [1.54, 1.807) is 7.11 Å². The number of methoxy groups -OCH3 is 1. The van der Waals surface area contributed by atoms with Crippen LogP contribution in [0.5, 0.6) is 5.75 Å². The van der Waals surface area contributed by atoms with Crippen LogP contribution in [0.3, 0.4) is 0 Å². The number of benzene rings is 2. The van der Waals surface area contributed by atoms with E-state index in [0.29, 0.717) is 5.13 Å². The number of rotatable bonds is 7. The fourth-order valence-electron chi connectivity index (χ4n) is 2.33. The van der Waals surface area contributed by atoms with Crippen LogP contribution in [0.4, 0.5) is 16.5 Å². The van der Waals surface area contributed by atoms with Gasteiger partial charge in [-0.1, -0.05) is 41.3 Å². The van der Waals surface area contributed by atoms with E-state index >= 15 is 0 Å². The van der Waals surface area contributed by atoms with E-state index in [1.807, 2.05) is 56.3 Å². The summed E-state index contributed by atoms with van der Waals surface area (Å²) in [4.78, 5) is 12.2. The molecule has 2 N–H and O–H groups in total. The van der Waals surface area contributed by atoms with Crippen LogP contribution in [0.25, 0.3) is 0 Å². The van der Waals surface area contributed by atoms with Gasteiger partial charge in [-0.3, -0.25) is 4.79 Å². The Morgan fingerprint density at radius 2 is 2.04 bits per heavy atom. The van der Waals surface area contributed by atoms with Crippen molar-refractivity contribution in [2.45, 2.75) is 18.2 Å². The van der Waals surface area contributed by atoms with E-state index in [9.17, 15) is 4.79 Å². The minimum atomic E-state index is -0.0637. The van der Waals surface area contributed by atoms with Crippen molar-refractivity contribution in [3.8, 4) is 5.75 Å². The summed E-state index contributed by atoms with van der Waals surface area (Å²) >= 11 is 2.77. The molecule has 1 amide bonds. The highest BCUT2D eigenvalue weighted by molar-refractivity contribution is 8.01. The smallest absolute Gasteiger partial charge is 0.234 e. The van der Waals surface area contributed by atoms with Gasteiger partial charge in [0.1, 0.15) is 5.75 Å². The molecule has 1 heterocycles. The zero-order valence-electron chi connectivity index (χ0n) is 15.3. The molecule has 0 aliphatic rings. The molecule has 0 aliphatic heterocycles. The second-order valence-corrected chi connectivity index (χ2v) is 8.09. The summed E-state index contributed by atoms with van der Waals surface area (Å²) < 4.78 is 5.94. The van der Waals surface area contributed by atoms with E-state index in [-0.39, 0.29) is 11.7 Å². The number of ether oxygens (including phenoxy) is 1. The van der Waals surface area contributed by atoms with Crippen LogP contribution in [0, 0.1) is 13.8 Å². The fourth-order valence-corrected chi connectivity index (χ4v) is 3.90. The number of hydrogen-bond donors (Lipinski definition) is 2. The lowest BCUT2D eigenvalue weighted by Crippen LogP contribution is -2.14. The Morgan fingerprint density at radius 3 is 2.85 bits per heavy atom. The third kappa shape index (κ3) is 5.45. The second kappa shape index (κ2) is 8.88. The first-order chi connectivity index (χ1) is 13.0. The zero-order chi connectivity index (χ0) is 19.2. The lowest BCUT2D eigenvalue weighted by Gasteiger charge is -2.08. The molecule has 2 aromatic carbocycles. The third-order valence-electron chi connectivity index (χ3n) is 3.72. The van der Waals surface area contributed by atoms with Crippen LogP contribution in [0.15, 0.2) is 46.8 Å². The average molecular weight is 401 g/mol. The van der Waals surface area contributed by atoms with Gasteiger partial charge in [-0.05, 0) is 43.2 Å². The van der Waals surface area contributed by atoms with Gasteiger partial charge >= 0.3 is 0 Å². The molecule has 6 nitrogen and oxygen atoms in total. The molecule has 3 aromatic rings. The standard InChI is InChI=1S/C19H20N4O2S2/c1-12-7-8-13(2)16(9-12)21-17(24)11-26-19-23-22-18(27-19)20-14-5-4-6-15(10-14)25-3/h4-10H,11H2,1-3H3,(H,20,22)(H,21,24). The molecule has 1 aromatic heterocycles. The minimum Gasteiger partial charge on any atom is -0.497 e. The molecule has 0 radical (unpaired) electrons. The molecule has 140 valence electrons. The van der Waals surface area contributed by atoms with Crippen LogP contribution in [-0.4, -0.2) is 29.0 Å². The molecular formula is C19H20N4O2S2. The Hall–Kier alpha value is -2.58. The van der Waals surface area contributed by atoms with Crippen LogP contribution in [-0.2, 0) is 4.79 Å². The highest BCUT2D eigenvalue weighted by atomic mass is 32.2. The van der Waals surface area contributed by atoms with E-state index in [0.717, 1.165) is 32.6 Å². The molecule has 8 heteroatoms. The van der Waals surface area contributed by atoms with Gasteiger partial charge in [0, 0.05) is 17.4 Å². The van der Waals surface area contributed by atoms with Gasteiger partial charge in [-0.2, -0.15) is 0 Å². The van der Waals surface area contributed by atoms with Crippen molar-refractivity contribution in [3.05, 3.63) is 53.6 Å². The largest absolute Gasteiger partial charge is 0.497 e. The van der Waals surface area contributed by atoms with Gasteiger partial charge in [0.15, 0.2) is 4.34 Å². The summed E-state index contributed by atoms with van der Waals surface area (Å²) in [5, 5.41) is 15.0. The zero-order valence-corrected chi connectivity index (χ0v) is 16.9. The lowest BCUT2D eigenvalue weighted by molar-refractivity contribution is -0.113. The topological polar surface area (TPSA) is 76.1 Å². The van der Waals surface area contributed by atoms with E-state index in [1.165, 1.54) is 23.1 Å². The van der Waals surface area contributed by atoms with Crippen molar-refractivity contribution in [2.75, 3.05) is 23.5 Å². The number of nitrogens with one attached hydrogen (secondary N) is 2. The first kappa shape index (κ1) is 19.2. The van der Waals surface area contributed by atoms with Crippen LogP contribution in [0.2, 0.25) is 0 Å². The monoisotopic (exact) mass is 400 g/mol. The Morgan fingerprint density at radius 1 is 1.19 bits per heavy atom. The Balaban J connectivity index is 1.54. The number of nitrogens with zero attached hydrogens (tertiary/aromatic N) is 2. The van der Waals surface area contributed by atoms with Crippen molar-refractivity contribution in [1.29, 1.82) is 0 Å². The maximum atomic E-state index is 12.2. The number of aromatic nitrogens is 2. The van der Waals surface area contributed by atoms with Crippen molar-refractivity contribution < 1.29 is 9.53 Å². The number of thioether (sulfide) groups is 1. The van der Waals surface area contributed by atoms with Gasteiger partial charge in [0.2, 0.25) is 11.0 Å². The van der Waals surface area contributed by atoms with Gasteiger partial charge in [0.25, 0.3) is 0 Å². The third-order valence-corrected chi connectivity index (χ3v) is 5.69. The molecule has 0 bridgehead atoms. The van der Waals surface area contributed by atoms with E-state index < -0.39 is 0 Å². The number of aryl methyl sites for hydroxylation is 2. The number of hydrogen-bond acceptors (Lipinski definition) is 7. The molecule has 3 rings (SSSR count). The summed E-state index contributed by atoms with van der Waals surface area (Å²) in [6.45, 7) is 3.98. The molecule has 0 unspecified atom stereocenters.